The molecule has 4 rings (SSSR count). The molecule has 158 valence electrons. The summed E-state index contributed by atoms with van der Waals surface area (Å²) in [5.41, 5.74) is 2.65. The molecule has 1 aliphatic heterocycles. The Kier molecular flexibility index (Phi) is 6.32. The third-order valence-corrected chi connectivity index (χ3v) is 5.44. The van der Waals surface area contributed by atoms with Crippen molar-refractivity contribution in [3.63, 3.8) is 0 Å². The number of anilines is 1. The van der Waals surface area contributed by atoms with Crippen LogP contribution in [0.15, 0.2) is 90.7 Å². The van der Waals surface area contributed by atoms with Crippen LogP contribution in [0.4, 0.5) is 5.69 Å². The fourth-order valence-electron chi connectivity index (χ4n) is 3.80. The Morgan fingerprint density at radius 3 is 2.10 bits per heavy atom. The SMILES string of the molecule is O=C1OC2(CCCCC2)OC(=O)C1=C/C=C(/C=C/Nc1ccccc1)c1ccccc1. The average molecular weight is 415 g/mol. The lowest BCUT2D eigenvalue weighted by Gasteiger charge is -2.38. The van der Waals surface area contributed by atoms with E-state index in [4.69, 9.17) is 9.47 Å². The van der Waals surface area contributed by atoms with Gasteiger partial charge in [-0.3, -0.25) is 0 Å². The molecule has 0 aromatic heterocycles. The number of benzene rings is 2. The van der Waals surface area contributed by atoms with Gasteiger partial charge in [0.15, 0.2) is 0 Å². The molecule has 0 radical (unpaired) electrons. The second kappa shape index (κ2) is 9.47. The van der Waals surface area contributed by atoms with Gasteiger partial charge in [0.25, 0.3) is 5.79 Å². The molecule has 0 bridgehead atoms. The van der Waals surface area contributed by atoms with Crippen molar-refractivity contribution >= 4 is 23.2 Å². The molecule has 0 atom stereocenters. The second-order valence-corrected chi connectivity index (χ2v) is 7.66. The lowest BCUT2D eigenvalue weighted by molar-refractivity contribution is -0.244. The molecule has 2 aromatic carbocycles. The Balaban J connectivity index is 1.56. The molecule has 1 N–H and O–H groups in total. The van der Waals surface area contributed by atoms with Crippen LogP contribution in [0.3, 0.4) is 0 Å². The third kappa shape index (κ3) is 5.12. The highest BCUT2D eigenvalue weighted by Crippen LogP contribution is 2.37. The molecule has 2 fully saturated rings. The third-order valence-electron chi connectivity index (χ3n) is 5.44. The van der Waals surface area contributed by atoms with Crippen molar-refractivity contribution < 1.29 is 19.1 Å². The number of rotatable bonds is 5. The molecule has 1 saturated heterocycles. The van der Waals surface area contributed by atoms with E-state index >= 15 is 0 Å². The first-order valence-corrected chi connectivity index (χ1v) is 10.6. The van der Waals surface area contributed by atoms with Crippen LogP contribution in [0.2, 0.25) is 0 Å². The maximum absolute atomic E-state index is 12.6. The van der Waals surface area contributed by atoms with Crippen LogP contribution in [0, 0.1) is 0 Å². The standard InChI is InChI=1S/C26H25NO4/c28-24-23(25(29)31-26(30-24)17-8-3-9-18-26)15-14-21(20-10-4-1-5-11-20)16-19-27-22-12-6-2-7-13-22/h1-2,4-7,10-16,19,27H,3,8-9,17-18H2/b19-16+,21-14-. The minimum atomic E-state index is -1.07. The van der Waals surface area contributed by atoms with E-state index in [0.717, 1.165) is 36.1 Å². The van der Waals surface area contributed by atoms with Gasteiger partial charge in [0, 0.05) is 24.7 Å². The smallest absolute Gasteiger partial charge is 0.348 e. The van der Waals surface area contributed by atoms with Crippen molar-refractivity contribution in [2.24, 2.45) is 0 Å². The zero-order valence-electron chi connectivity index (χ0n) is 17.3. The summed E-state index contributed by atoms with van der Waals surface area (Å²) in [4.78, 5) is 25.2. The van der Waals surface area contributed by atoms with Gasteiger partial charge in [0.05, 0.1) is 0 Å². The van der Waals surface area contributed by atoms with Gasteiger partial charge in [0.1, 0.15) is 5.57 Å². The van der Waals surface area contributed by atoms with E-state index in [0.29, 0.717) is 12.8 Å². The molecular weight excluding hydrogens is 390 g/mol. The van der Waals surface area contributed by atoms with E-state index in [1.807, 2.05) is 72.9 Å². The van der Waals surface area contributed by atoms with Gasteiger partial charge in [-0.25, -0.2) is 9.59 Å². The molecule has 1 spiro atoms. The second-order valence-electron chi connectivity index (χ2n) is 7.66. The van der Waals surface area contributed by atoms with Crippen LogP contribution >= 0.6 is 0 Å². The van der Waals surface area contributed by atoms with Crippen LogP contribution in [-0.2, 0) is 19.1 Å². The minimum Gasteiger partial charge on any atom is -0.419 e. The van der Waals surface area contributed by atoms with E-state index < -0.39 is 17.7 Å². The maximum atomic E-state index is 12.6. The van der Waals surface area contributed by atoms with Gasteiger partial charge < -0.3 is 14.8 Å². The van der Waals surface area contributed by atoms with Crippen LogP contribution in [0.1, 0.15) is 37.7 Å². The van der Waals surface area contributed by atoms with E-state index in [2.05, 4.69) is 5.32 Å². The monoisotopic (exact) mass is 415 g/mol. The predicted molar refractivity (Wildman–Crippen MR) is 120 cm³/mol. The van der Waals surface area contributed by atoms with Crippen molar-refractivity contribution in [1.29, 1.82) is 0 Å². The summed E-state index contributed by atoms with van der Waals surface area (Å²) in [5.74, 6) is -2.31. The van der Waals surface area contributed by atoms with Crippen LogP contribution < -0.4 is 5.32 Å². The first-order chi connectivity index (χ1) is 15.2. The summed E-state index contributed by atoms with van der Waals surface area (Å²) in [6, 6.07) is 19.5. The highest BCUT2D eigenvalue weighted by molar-refractivity contribution is 6.15. The molecule has 31 heavy (non-hydrogen) atoms. The number of para-hydroxylation sites is 1. The van der Waals surface area contributed by atoms with Gasteiger partial charge in [-0.2, -0.15) is 0 Å². The van der Waals surface area contributed by atoms with E-state index in [9.17, 15) is 9.59 Å². The van der Waals surface area contributed by atoms with Gasteiger partial charge >= 0.3 is 11.9 Å². The average Bonchev–Trinajstić information content (AvgIpc) is 2.79. The molecule has 2 aromatic rings. The van der Waals surface area contributed by atoms with Gasteiger partial charge in [-0.15, -0.1) is 0 Å². The number of carbonyl (C=O) groups is 2. The summed E-state index contributed by atoms with van der Waals surface area (Å²) in [5, 5.41) is 3.21. The molecule has 0 unspecified atom stereocenters. The number of nitrogens with one attached hydrogen (secondary N) is 1. The van der Waals surface area contributed by atoms with Crippen LogP contribution in [0.5, 0.6) is 0 Å². The van der Waals surface area contributed by atoms with E-state index in [1.54, 1.807) is 6.08 Å². The van der Waals surface area contributed by atoms with Crippen molar-refractivity contribution in [2.45, 2.75) is 37.9 Å². The molecule has 5 heteroatoms. The Hall–Kier alpha value is -3.60. The predicted octanol–water partition coefficient (Wildman–Crippen LogP) is 5.38. The molecule has 0 amide bonds. The van der Waals surface area contributed by atoms with Crippen molar-refractivity contribution in [1.82, 2.24) is 0 Å². The van der Waals surface area contributed by atoms with Crippen LogP contribution in [0.25, 0.3) is 5.57 Å². The zero-order valence-corrected chi connectivity index (χ0v) is 17.3. The van der Waals surface area contributed by atoms with Gasteiger partial charge in [-0.1, -0.05) is 61.0 Å². The number of carbonyl (C=O) groups excluding carboxylic acids is 2. The Bertz CT molecular complexity index is 994. The highest BCUT2D eigenvalue weighted by Gasteiger charge is 2.46. The summed E-state index contributed by atoms with van der Waals surface area (Å²) in [7, 11) is 0. The number of allylic oxidation sites excluding steroid dienone is 4. The van der Waals surface area contributed by atoms with E-state index in [-0.39, 0.29) is 5.57 Å². The Morgan fingerprint density at radius 1 is 0.839 bits per heavy atom. The molecular formula is C26H25NO4. The van der Waals surface area contributed by atoms with Crippen LogP contribution in [-0.4, -0.2) is 17.7 Å². The molecule has 2 aliphatic rings. The van der Waals surface area contributed by atoms with E-state index in [1.165, 1.54) is 6.08 Å². The summed E-state index contributed by atoms with van der Waals surface area (Å²) < 4.78 is 11.1. The zero-order chi connectivity index (χ0) is 21.5. The molecule has 1 heterocycles. The highest BCUT2D eigenvalue weighted by atomic mass is 16.7. The van der Waals surface area contributed by atoms with Gasteiger partial charge in [-0.05, 0) is 48.3 Å². The number of hydrogen-bond acceptors (Lipinski definition) is 5. The molecule has 1 saturated carbocycles. The fraction of sp³-hybridized carbons (Fsp3) is 0.231. The number of esters is 2. The first-order valence-electron chi connectivity index (χ1n) is 10.6. The summed E-state index contributed by atoms with van der Waals surface area (Å²) in [6.07, 6.45) is 10.9. The van der Waals surface area contributed by atoms with Crippen molar-refractivity contribution in [2.75, 3.05) is 5.32 Å². The largest absolute Gasteiger partial charge is 0.419 e. The lowest BCUT2D eigenvalue weighted by atomic mass is 9.93. The Morgan fingerprint density at radius 2 is 1.45 bits per heavy atom. The lowest BCUT2D eigenvalue weighted by Crippen LogP contribution is -2.47. The van der Waals surface area contributed by atoms with Gasteiger partial charge in [0.2, 0.25) is 0 Å². The molecule has 5 nitrogen and oxygen atoms in total. The normalized spacial score (nSPS) is 18.6. The minimum absolute atomic E-state index is 0.0888. The fourth-order valence-corrected chi connectivity index (χ4v) is 3.80. The molecule has 1 aliphatic carbocycles. The Labute approximate surface area is 182 Å². The maximum Gasteiger partial charge on any atom is 0.348 e. The number of ether oxygens (including phenoxy) is 2. The van der Waals surface area contributed by atoms with Crippen molar-refractivity contribution in [3.8, 4) is 0 Å². The number of hydrogen-bond donors (Lipinski definition) is 1. The quantitative estimate of drug-likeness (QED) is 0.307. The topological polar surface area (TPSA) is 64.6 Å². The summed E-state index contributed by atoms with van der Waals surface area (Å²) >= 11 is 0. The first kappa shape index (κ1) is 20.7. The summed E-state index contributed by atoms with van der Waals surface area (Å²) in [6.45, 7) is 0. The van der Waals surface area contributed by atoms with Crippen molar-refractivity contribution in [3.05, 3.63) is 96.2 Å².